The minimum absolute atomic E-state index is 0.251. The average Bonchev–Trinajstić information content (AvgIpc) is 2.68. The highest BCUT2D eigenvalue weighted by Crippen LogP contribution is 2.34. The second-order valence-electron chi connectivity index (χ2n) is 7.05. The van der Waals surface area contributed by atoms with Crippen LogP contribution in [-0.4, -0.2) is 48.2 Å². The molecule has 27 heavy (non-hydrogen) atoms. The number of anilines is 1. The summed E-state index contributed by atoms with van der Waals surface area (Å²) in [5.41, 5.74) is 2.63. The summed E-state index contributed by atoms with van der Waals surface area (Å²) in [6.45, 7) is 2.12. The normalized spacial score (nSPS) is 17.8. The van der Waals surface area contributed by atoms with E-state index >= 15 is 0 Å². The molecule has 3 aromatic rings. The molecule has 1 atom stereocenters. The highest BCUT2D eigenvalue weighted by molar-refractivity contribution is 5.96. The van der Waals surface area contributed by atoms with Crippen LogP contribution < -0.4 is 10.1 Å². The zero-order chi connectivity index (χ0) is 18.8. The molecule has 2 aromatic carbocycles. The van der Waals surface area contributed by atoms with E-state index in [9.17, 15) is 4.39 Å². The van der Waals surface area contributed by atoms with Gasteiger partial charge in [0.1, 0.15) is 29.2 Å². The van der Waals surface area contributed by atoms with Crippen molar-refractivity contribution in [2.45, 2.75) is 18.9 Å². The Hall–Kier alpha value is -2.73. The van der Waals surface area contributed by atoms with E-state index in [2.05, 4.69) is 27.2 Å². The van der Waals surface area contributed by atoms with Crippen LogP contribution in [-0.2, 0) is 0 Å². The average molecular weight is 366 g/mol. The molecule has 1 fully saturated rings. The van der Waals surface area contributed by atoms with Crippen LogP contribution in [0.15, 0.2) is 42.7 Å². The molecule has 0 saturated carbocycles. The first kappa shape index (κ1) is 17.7. The van der Waals surface area contributed by atoms with Crippen molar-refractivity contribution < 1.29 is 9.13 Å². The first-order valence-electron chi connectivity index (χ1n) is 9.18. The molecule has 6 heteroatoms. The number of likely N-dealkylation sites (N-methyl/N-ethyl adjacent to an activating group) is 1. The number of hydrogen-bond donors (Lipinski definition) is 1. The summed E-state index contributed by atoms with van der Waals surface area (Å²) in [4.78, 5) is 11.2. The maximum atomic E-state index is 13.3. The summed E-state index contributed by atoms with van der Waals surface area (Å²) in [6, 6.07) is 10.8. The van der Waals surface area contributed by atoms with E-state index in [1.807, 2.05) is 12.1 Å². The van der Waals surface area contributed by atoms with Crippen molar-refractivity contribution in [3.8, 4) is 16.9 Å². The molecule has 0 unspecified atom stereocenters. The minimum Gasteiger partial charge on any atom is -0.494 e. The Morgan fingerprint density at radius 1 is 1.15 bits per heavy atom. The molecule has 1 aliphatic heterocycles. The first-order valence-corrected chi connectivity index (χ1v) is 9.18. The maximum absolute atomic E-state index is 13.3. The fourth-order valence-corrected chi connectivity index (χ4v) is 3.69. The first-order chi connectivity index (χ1) is 13.1. The van der Waals surface area contributed by atoms with Crippen molar-refractivity contribution in [2.24, 2.45) is 0 Å². The molecule has 0 spiro atoms. The summed E-state index contributed by atoms with van der Waals surface area (Å²) < 4.78 is 18.9. The van der Waals surface area contributed by atoms with Gasteiger partial charge in [-0.3, -0.25) is 0 Å². The zero-order valence-electron chi connectivity index (χ0n) is 15.6. The van der Waals surface area contributed by atoms with E-state index in [1.165, 1.54) is 18.6 Å². The zero-order valence-corrected chi connectivity index (χ0v) is 15.6. The molecular formula is C21H23FN4O. The largest absolute Gasteiger partial charge is 0.494 e. The molecule has 1 aliphatic rings. The number of benzene rings is 2. The van der Waals surface area contributed by atoms with Crippen molar-refractivity contribution in [1.29, 1.82) is 0 Å². The summed E-state index contributed by atoms with van der Waals surface area (Å²) in [7, 11) is 3.77. The fraction of sp³-hybridized carbons (Fsp3) is 0.333. The van der Waals surface area contributed by atoms with Gasteiger partial charge in [-0.05, 0) is 61.8 Å². The lowest BCUT2D eigenvalue weighted by atomic mass is 10.0. The van der Waals surface area contributed by atoms with Crippen molar-refractivity contribution in [2.75, 3.05) is 32.6 Å². The SMILES string of the molecule is COc1cc(-c2ccc(F)cc2)cc2c(N[C@@H]3CCCN(C)C3)ncnc12. The quantitative estimate of drug-likeness (QED) is 0.758. The second-order valence-corrected chi connectivity index (χ2v) is 7.05. The Morgan fingerprint density at radius 3 is 2.70 bits per heavy atom. The van der Waals surface area contributed by atoms with Gasteiger partial charge in [0.2, 0.25) is 0 Å². The number of rotatable bonds is 4. The van der Waals surface area contributed by atoms with Gasteiger partial charge in [-0.1, -0.05) is 12.1 Å². The molecule has 2 heterocycles. The van der Waals surface area contributed by atoms with Crippen molar-refractivity contribution >= 4 is 16.7 Å². The van der Waals surface area contributed by atoms with E-state index in [0.717, 1.165) is 47.4 Å². The van der Waals surface area contributed by atoms with Crippen LogP contribution in [0.2, 0.25) is 0 Å². The Bertz CT molecular complexity index is 945. The number of hydrogen-bond acceptors (Lipinski definition) is 5. The standard InChI is InChI=1S/C21H23FN4O/c1-26-9-3-4-17(12-26)25-21-18-10-15(14-5-7-16(22)8-6-14)11-19(27-2)20(18)23-13-24-21/h5-8,10-11,13,17H,3-4,9,12H2,1-2H3,(H,23,24,25)/t17-/m1/s1. The van der Waals surface area contributed by atoms with Crippen molar-refractivity contribution in [3.05, 3.63) is 48.5 Å². The van der Waals surface area contributed by atoms with E-state index in [1.54, 1.807) is 25.6 Å². The number of ether oxygens (including phenoxy) is 1. The van der Waals surface area contributed by atoms with Crippen LogP contribution in [0.1, 0.15) is 12.8 Å². The minimum atomic E-state index is -0.251. The van der Waals surface area contributed by atoms with Crippen LogP contribution in [0.3, 0.4) is 0 Å². The molecule has 4 rings (SSSR count). The van der Waals surface area contributed by atoms with Gasteiger partial charge in [-0.2, -0.15) is 0 Å². The molecule has 5 nitrogen and oxygen atoms in total. The number of piperidine rings is 1. The summed E-state index contributed by atoms with van der Waals surface area (Å²) in [5.74, 6) is 1.24. The van der Waals surface area contributed by atoms with Gasteiger partial charge in [0.05, 0.1) is 7.11 Å². The maximum Gasteiger partial charge on any atom is 0.145 e. The van der Waals surface area contributed by atoms with Gasteiger partial charge < -0.3 is 15.0 Å². The Morgan fingerprint density at radius 2 is 1.96 bits per heavy atom. The predicted octanol–water partition coefficient (Wildman–Crippen LogP) is 3.95. The van der Waals surface area contributed by atoms with Gasteiger partial charge >= 0.3 is 0 Å². The van der Waals surface area contributed by atoms with Gasteiger partial charge in [0, 0.05) is 18.0 Å². The predicted molar refractivity (Wildman–Crippen MR) is 106 cm³/mol. The number of halogens is 1. The topological polar surface area (TPSA) is 50.3 Å². The third-order valence-corrected chi connectivity index (χ3v) is 5.07. The Labute approximate surface area is 158 Å². The molecule has 1 aromatic heterocycles. The number of methoxy groups -OCH3 is 1. The molecular weight excluding hydrogens is 343 g/mol. The van der Waals surface area contributed by atoms with E-state index in [0.29, 0.717) is 11.8 Å². The monoisotopic (exact) mass is 366 g/mol. The number of aromatic nitrogens is 2. The lowest BCUT2D eigenvalue weighted by Gasteiger charge is -2.30. The Balaban J connectivity index is 1.77. The van der Waals surface area contributed by atoms with Crippen LogP contribution >= 0.6 is 0 Å². The number of nitrogens with one attached hydrogen (secondary N) is 1. The van der Waals surface area contributed by atoms with E-state index in [-0.39, 0.29) is 5.82 Å². The third kappa shape index (κ3) is 3.71. The highest BCUT2D eigenvalue weighted by atomic mass is 19.1. The van der Waals surface area contributed by atoms with Gasteiger partial charge in [0.25, 0.3) is 0 Å². The lowest BCUT2D eigenvalue weighted by Crippen LogP contribution is -2.39. The number of fused-ring (bicyclic) bond motifs is 1. The van der Waals surface area contributed by atoms with E-state index in [4.69, 9.17) is 4.74 Å². The van der Waals surface area contributed by atoms with Gasteiger partial charge in [-0.15, -0.1) is 0 Å². The van der Waals surface area contributed by atoms with Crippen LogP contribution in [0.25, 0.3) is 22.0 Å². The second kappa shape index (κ2) is 7.48. The lowest BCUT2D eigenvalue weighted by molar-refractivity contribution is 0.261. The summed E-state index contributed by atoms with van der Waals surface area (Å²) in [6.07, 6.45) is 3.85. The summed E-state index contributed by atoms with van der Waals surface area (Å²) >= 11 is 0. The smallest absolute Gasteiger partial charge is 0.145 e. The number of nitrogens with zero attached hydrogens (tertiary/aromatic N) is 3. The van der Waals surface area contributed by atoms with E-state index < -0.39 is 0 Å². The molecule has 0 amide bonds. The molecule has 0 radical (unpaired) electrons. The van der Waals surface area contributed by atoms with Crippen LogP contribution in [0.5, 0.6) is 5.75 Å². The summed E-state index contributed by atoms with van der Waals surface area (Å²) in [5, 5.41) is 4.49. The molecule has 0 aliphatic carbocycles. The molecule has 1 saturated heterocycles. The van der Waals surface area contributed by atoms with Gasteiger partial charge in [0.15, 0.2) is 0 Å². The third-order valence-electron chi connectivity index (χ3n) is 5.07. The molecule has 0 bridgehead atoms. The Kier molecular flexibility index (Phi) is 4.90. The van der Waals surface area contributed by atoms with Crippen molar-refractivity contribution in [1.82, 2.24) is 14.9 Å². The van der Waals surface area contributed by atoms with Crippen molar-refractivity contribution in [3.63, 3.8) is 0 Å². The number of likely N-dealkylation sites (tertiary alicyclic amines) is 1. The fourth-order valence-electron chi connectivity index (χ4n) is 3.69. The molecule has 140 valence electrons. The van der Waals surface area contributed by atoms with Crippen LogP contribution in [0, 0.1) is 5.82 Å². The van der Waals surface area contributed by atoms with Crippen LogP contribution in [0.4, 0.5) is 10.2 Å². The highest BCUT2D eigenvalue weighted by Gasteiger charge is 2.19. The molecule has 1 N–H and O–H groups in total. The van der Waals surface area contributed by atoms with Gasteiger partial charge in [-0.25, -0.2) is 14.4 Å².